The highest BCUT2D eigenvalue weighted by Gasteiger charge is 2.25. The molecule has 1 aliphatic rings. The van der Waals surface area contributed by atoms with Gasteiger partial charge < -0.3 is 5.32 Å². The van der Waals surface area contributed by atoms with Crippen LogP contribution in [0.25, 0.3) is 5.69 Å². The van der Waals surface area contributed by atoms with Gasteiger partial charge >= 0.3 is 0 Å². The standard InChI is InChI=1S/C19H22FN7OS/c1-12-23-24-25-27(12)18-9-15(3-4-17(18)20)22-19(28)14-5-7-26(8-6-14)10-16-11-29-13(2)21-16/h3-4,9,11,14H,5-8,10H2,1-2H3,(H,22,28). The minimum absolute atomic E-state index is 0.0415. The summed E-state index contributed by atoms with van der Waals surface area (Å²) in [5.41, 5.74) is 1.83. The molecule has 2 aromatic heterocycles. The Hall–Kier alpha value is -2.72. The number of tetrazole rings is 1. The van der Waals surface area contributed by atoms with Crippen LogP contribution in [0.1, 0.15) is 29.4 Å². The fraction of sp³-hybridized carbons (Fsp3) is 0.421. The number of thiazole rings is 1. The lowest BCUT2D eigenvalue weighted by molar-refractivity contribution is -0.121. The SMILES string of the molecule is Cc1nc(CN2CCC(C(=O)Nc3ccc(F)c(-n4nnnc4C)c3)CC2)cs1. The van der Waals surface area contributed by atoms with Crippen LogP contribution in [-0.4, -0.2) is 49.1 Å². The quantitative estimate of drug-likeness (QED) is 0.689. The summed E-state index contributed by atoms with van der Waals surface area (Å²) in [5.74, 6) is -0.0918. The second-order valence-corrected chi connectivity index (χ2v) is 8.26. The molecule has 10 heteroatoms. The van der Waals surface area contributed by atoms with Gasteiger partial charge in [0.05, 0.1) is 10.7 Å². The monoisotopic (exact) mass is 415 g/mol. The Morgan fingerprint density at radius 2 is 2.10 bits per heavy atom. The maximum absolute atomic E-state index is 14.2. The fourth-order valence-corrected chi connectivity index (χ4v) is 4.12. The van der Waals surface area contributed by atoms with Gasteiger partial charge in [-0.3, -0.25) is 9.69 Å². The molecule has 29 heavy (non-hydrogen) atoms. The number of benzene rings is 1. The van der Waals surface area contributed by atoms with Crippen molar-refractivity contribution in [1.82, 2.24) is 30.1 Å². The number of piperidine rings is 1. The number of nitrogens with zero attached hydrogens (tertiary/aromatic N) is 6. The van der Waals surface area contributed by atoms with Gasteiger partial charge in [-0.25, -0.2) is 9.37 Å². The summed E-state index contributed by atoms with van der Waals surface area (Å²) in [7, 11) is 0. The van der Waals surface area contributed by atoms with Crippen molar-refractivity contribution in [3.63, 3.8) is 0 Å². The van der Waals surface area contributed by atoms with Gasteiger partial charge in [0.1, 0.15) is 11.5 Å². The fourth-order valence-electron chi connectivity index (χ4n) is 3.51. The van der Waals surface area contributed by atoms with Gasteiger partial charge in [-0.1, -0.05) is 0 Å². The highest BCUT2D eigenvalue weighted by molar-refractivity contribution is 7.09. The summed E-state index contributed by atoms with van der Waals surface area (Å²) in [4.78, 5) is 19.5. The smallest absolute Gasteiger partial charge is 0.227 e. The maximum atomic E-state index is 14.2. The summed E-state index contributed by atoms with van der Waals surface area (Å²) in [6.45, 7) is 6.23. The average Bonchev–Trinajstić information content (AvgIpc) is 3.31. The van der Waals surface area contributed by atoms with E-state index in [0.717, 1.165) is 43.2 Å². The Morgan fingerprint density at radius 3 is 2.76 bits per heavy atom. The summed E-state index contributed by atoms with van der Waals surface area (Å²) in [6.07, 6.45) is 1.57. The van der Waals surface area contributed by atoms with Gasteiger partial charge in [-0.2, -0.15) is 4.68 Å². The topological polar surface area (TPSA) is 88.8 Å². The Bertz CT molecular complexity index is 1010. The predicted octanol–water partition coefficient (Wildman–Crippen LogP) is 2.73. The molecular formula is C19H22FN7OS. The van der Waals surface area contributed by atoms with Crippen LogP contribution in [-0.2, 0) is 11.3 Å². The molecule has 3 aromatic rings. The van der Waals surface area contributed by atoms with Gasteiger partial charge in [0.25, 0.3) is 0 Å². The molecule has 0 radical (unpaired) electrons. The molecule has 0 saturated carbocycles. The molecule has 1 saturated heterocycles. The Balaban J connectivity index is 1.36. The van der Waals surface area contributed by atoms with Crippen LogP contribution < -0.4 is 5.32 Å². The molecular weight excluding hydrogens is 393 g/mol. The number of carbonyl (C=O) groups is 1. The molecule has 8 nitrogen and oxygen atoms in total. The van der Waals surface area contributed by atoms with E-state index in [-0.39, 0.29) is 17.5 Å². The number of carbonyl (C=O) groups excluding carboxylic acids is 1. The molecule has 0 atom stereocenters. The zero-order chi connectivity index (χ0) is 20.4. The molecule has 0 unspecified atom stereocenters. The number of hydrogen-bond acceptors (Lipinski definition) is 7. The van der Waals surface area contributed by atoms with E-state index in [1.54, 1.807) is 30.4 Å². The predicted molar refractivity (Wildman–Crippen MR) is 107 cm³/mol. The third-order valence-corrected chi connectivity index (χ3v) is 5.90. The molecule has 4 rings (SSSR count). The van der Waals surface area contributed by atoms with E-state index in [2.05, 4.69) is 36.1 Å². The van der Waals surface area contributed by atoms with E-state index in [1.165, 1.54) is 10.7 Å². The van der Waals surface area contributed by atoms with E-state index >= 15 is 0 Å². The Labute approximate surface area is 171 Å². The first kappa shape index (κ1) is 19.6. The number of aryl methyl sites for hydroxylation is 2. The highest BCUT2D eigenvalue weighted by atomic mass is 32.1. The molecule has 1 aromatic carbocycles. The number of halogens is 1. The van der Waals surface area contributed by atoms with Crippen molar-refractivity contribution in [2.24, 2.45) is 5.92 Å². The Kier molecular flexibility index (Phi) is 5.63. The van der Waals surface area contributed by atoms with Crippen molar-refractivity contribution in [3.05, 3.63) is 45.9 Å². The molecule has 1 N–H and O–H groups in total. The number of likely N-dealkylation sites (tertiary alicyclic amines) is 1. The van der Waals surface area contributed by atoms with E-state index < -0.39 is 5.82 Å². The van der Waals surface area contributed by atoms with Gasteiger partial charge in [-0.05, 0) is 68.4 Å². The Morgan fingerprint density at radius 1 is 1.31 bits per heavy atom. The lowest BCUT2D eigenvalue weighted by Crippen LogP contribution is -2.37. The minimum Gasteiger partial charge on any atom is -0.326 e. The van der Waals surface area contributed by atoms with Crippen LogP contribution in [0.15, 0.2) is 23.6 Å². The number of nitrogens with one attached hydrogen (secondary N) is 1. The molecule has 1 aliphatic heterocycles. The second kappa shape index (κ2) is 8.34. The van der Waals surface area contributed by atoms with Gasteiger partial charge in [0, 0.05) is 23.5 Å². The van der Waals surface area contributed by atoms with Crippen LogP contribution in [0.2, 0.25) is 0 Å². The zero-order valence-corrected chi connectivity index (χ0v) is 17.1. The van der Waals surface area contributed by atoms with Gasteiger partial charge in [0.2, 0.25) is 5.91 Å². The number of rotatable bonds is 5. The number of anilines is 1. The normalized spacial score (nSPS) is 15.6. The van der Waals surface area contributed by atoms with E-state index in [1.807, 2.05) is 6.92 Å². The minimum atomic E-state index is -0.455. The molecule has 152 valence electrons. The summed E-state index contributed by atoms with van der Waals surface area (Å²) in [5, 5.41) is 17.2. The summed E-state index contributed by atoms with van der Waals surface area (Å²) < 4.78 is 15.5. The lowest BCUT2D eigenvalue weighted by atomic mass is 9.95. The molecule has 3 heterocycles. The maximum Gasteiger partial charge on any atom is 0.227 e. The van der Waals surface area contributed by atoms with E-state index in [4.69, 9.17) is 0 Å². The van der Waals surface area contributed by atoms with Gasteiger partial charge in [-0.15, -0.1) is 16.4 Å². The van der Waals surface area contributed by atoms with Crippen molar-refractivity contribution < 1.29 is 9.18 Å². The first-order valence-electron chi connectivity index (χ1n) is 9.49. The van der Waals surface area contributed by atoms with Crippen LogP contribution in [0, 0.1) is 25.6 Å². The van der Waals surface area contributed by atoms with Gasteiger partial charge in [0.15, 0.2) is 5.82 Å². The van der Waals surface area contributed by atoms with E-state index in [0.29, 0.717) is 11.5 Å². The van der Waals surface area contributed by atoms with Crippen LogP contribution in [0.5, 0.6) is 0 Å². The van der Waals surface area contributed by atoms with Crippen molar-refractivity contribution in [3.8, 4) is 5.69 Å². The number of hydrogen-bond donors (Lipinski definition) is 1. The molecule has 1 fully saturated rings. The van der Waals surface area contributed by atoms with Crippen molar-refractivity contribution >= 4 is 22.9 Å². The molecule has 0 spiro atoms. The lowest BCUT2D eigenvalue weighted by Gasteiger charge is -2.30. The van der Waals surface area contributed by atoms with Crippen LogP contribution in [0.3, 0.4) is 0 Å². The largest absolute Gasteiger partial charge is 0.326 e. The van der Waals surface area contributed by atoms with Crippen molar-refractivity contribution in [2.75, 3.05) is 18.4 Å². The number of aromatic nitrogens is 5. The first-order valence-corrected chi connectivity index (χ1v) is 10.4. The van der Waals surface area contributed by atoms with Crippen LogP contribution in [0.4, 0.5) is 10.1 Å². The van der Waals surface area contributed by atoms with E-state index in [9.17, 15) is 9.18 Å². The highest BCUT2D eigenvalue weighted by Crippen LogP contribution is 2.23. The summed E-state index contributed by atoms with van der Waals surface area (Å²) in [6, 6.07) is 4.41. The second-order valence-electron chi connectivity index (χ2n) is 7.20. The summed E-state index contributed by atoms with van der Waals surface area (Å²) >= 11 is 1.66. The average molecular weight is 415 g/mol. The molecule has 0 bridgehead atoms. The van der Waals surface area contributed by atoms with Crippen molar-refractivity contribution in [1.29, 1.82) is 0 Å². The third kappa shape index (κ3) is 4.48. The zero-order valence-electron chi connectivity index (χ0n) is 16.3. The molecule has 0 aliphatic carbocycles. The van der Waals surface area contributed by atoms with Crippen LogP contribution >= 0.6 is 11.3 Å². The van der Waals surface area contributed by atoms with Crippen molar-refractivity contribution in [2.45, 2.75) is 33.2 Å². The third-order valence-electron chi connectivity index (χ3n) is 5.08. The first-order chi connectivity index (χ1) is 14.0. The number of amides is 1. The molecule has 1 amide bonds.